The summed E-state index contributed by atoms with van der Waals surface area (Å²) < 4.78 is 1.41. The van der Waals surface area contributed by atoms with E-state index in [9.17, 15) is 4.79 Å². The first-order valence-corrected chi connectivity index (χ1v) is 5.95. The fourth-order valence-corrected chi connectivity index (χ4v) is 2.00. The minimum atomic E-state index is -1.10. The summed E-state index contributed by atoms with van der Waals surface area (Å²) in [4.78, 5) is 10.9. The largest absolute Gasteiger partial charge is 0.476 e. The van der Waals surface area contributed by atoms with E-state index in [2.05, 4.69) is 15.3 Å². The summed E-state index contributed by atoms with van der Waals surface area (Å²) in [5, 5.41) is 20.5. The number of benzene rings is 1. The van der Waals surface area contributed by atoms with E-state index < -0.39 is 5.97 Å². The molecule has 2 heterocycles. The number of carboxylic acids is 1. The van der Waals surface area contributed by atoms with E-state index in [-0.39, 0.29) is 5.69 Å². The van der Waals surface area contributed by atoms with Gasteiger partial charge in [0, 0.05) is 11.6 Å². The van der Waals surface area contributed by atoms with Crippen molar-refractivity contribution in [3.05, 3.63) is 40.0 Å². The normalized spacial score (nSPS) is 11.1. The topological polar surface area (TPSA) is 83.3 Å². The molecule has 0 aliphatic rings. The van der Waals surface area contributed by atoms with E-state index in [1.54, 1.807) is 18.2 Å². The van der Waals surface area contributed by atoms with Gasteiger partial charge in [-0.3, -0.25) is 5.10 Å². The van der Waals surface area contributed by atoms with Crippen LogP contribution in [0.5, 0.6) is 0 Å². The smallest absolute Gasteiger partial charge is 0.356 e. The second kappa shape index (κ2) is 4.25. The Balaban J connectivity index is 2.18. The highest BCUT2D eigenvalue weighted by Gasteiger charge is 2.15. The molecule has 96 valence electrons. The molecule has 0 saturated heterocycles. The molecule has 0 saturated carbocycles. The highest BCUT2D eigenvalue weighted by atomic mass is 35.5. The molecule has 0 bridgehead atoms. The lowest BCUT2D eigenvalue weighted by atomic mass is 10.2. The molecule has 2 aromatic heterocycles. The van der Waals surface area contributed by atoms with Crippen molar-refractivity contribution in [2.24, 2.45) is 0 Å². The molecule has 0 aliphatic carbocycles. The number of aromatic carboxylic acids is 1. The van der Waals surface area contributed by atoms with Crippen molar-refractivity contribution in [2.75, 3.05) is 0 Å². The summed E-state index contributed by atoms with van der Waals surface area (Å²) >= 11 is 11.8. The van der Waals surface area contributed by atoms with Gasteiger partial charge in [-0.2, -0.15) is 14.7 Å². The van der Waals surface area contributed by atoms with Gasteiger partial charge in [-0.25, -0.2) is 4.79 Å². The predicted octanol–water partition coefficient (Wildman–Crippen LogP) is 2.73. The molecule has 0 radical (unpaired) electrons. The average molecular weight is 297 g/mol. The second-order valence-corrected chi connectivity index (χ2v) is 4.62. The van der Waals surface area contributed by atoms with Crippen molar-refractivity contribution in [1.29, 1.82) is 0 Å². The molecule has 0 aliphatic heterocycles. The van der Waals surface area contributed by atoms with Crippen LogP contribution in [-0.2, 0) is 0 Å². The SMILES string of the molecule is O=C(O)c1cc2[nH]nc(-c3ccc(Cl)c(Cl)c3)n2n1. The summed E-state index contributed by atoms with van der Waals surface area (Å²) in [6.07, 6.45) is 0. The van der Waals surface area contributed by atoms with Crippen LogP contribution in [0.1, 0.15) is 10.5 Å². The van der Waals surface area contributed by atoms with Gasteiger partial charge in [-0.15, -0.1) is 0 Å². The molecule has 3 rings (SSSR count). The van der Waals surface area contributed by atoms with E-state index in [0.29, 0.717) is 27.1 Å². The van der Waals surface area contributed by atoms with E-state index in [4.69, 9.17) is 28.3 Å². The molecule has 0 unspecified atom stereocenters. The Bertz CT molecular complexity index is 793. The van der Waals surface area contributed by atoms with Crippen molar-refractivity contribution in [2.45, 2.75) is 0 Å². The second-order valence-electron chi connectivity index (χ2n) is 3.81. The quantitative estimate of drug-likeness (QED) is 0.761. The fourth-order valence-electron chi connectivity index (χ4n) is 1.71. The number of carbonyl (C=O) groups is 1. The number of rotatable bonds is 2. The van der Waals surface area contributed by atoms with Gasteiger partial charge in [-0.1, -0.05) is 23.2 Å². The number of fused-ring (bicyclic) bond motifs is 1. The third-order valence-corrected chi connectivity index (χ3v) is 3.32. The van der Waals surface area contributed by atoms with E-state index in [0.717, 1.165) is 0 Å². The van der Waals surface area contributed by atoms with Crippen LogP contribution in [0.3, 0.4) is 0 Å². The van der Waals surface area contributed by atoms with E-state index in [1.165, 1.54) is 10.6 Å². The number of nitrogens with one attached hydrogen (secondary N) is 1. The lowest BCUT2D eigenvalue weighted by Crippen LogP contribution is -1.98. The zero-order valence-electron chi connectivity index (χ0n) is 9.26. The summed E-state index contributed by atoms with van der Waals surface area (Å²) in [5.41, 5.74) is 1.11. The minimum Gasteiger partial charge on any atom is -0.476 e. The van der Waals surface area contributed by atoms with Crippen LogP contribution in [-0.4, -0.2) is 30.9 Å². The van der Waals surface area contributed by atoms with Crippen molar-refractivity contribution in [3.8, 4) is 11.4 Å². The van der Waals surface area contributed by atoms with Crippen molar-refractivity contribution < 1.29 is 9.90 Å². The lowest BCUT2D eigenvalue weighted by molar-refractivity contribution is 0.0690. The minimum absolute atomic E-state index is 0.0602. The Morgan fingerprint density at radius 2 is 2.05 bits per heavy atom. The number of nitrogens with zero attached hydrogens (tertiary/aromatic N) is 3. The van der Waals surface area contributed by atoms with Gasteiger partial charge in [0.05, 0.1) is 10.0 Å². The molecule has 8 heteroatoms. The van der Waals surface area contributed by atoms with Crippen LogP contribution in [0.2, 0.25) is 10.0 Å². The molecule has 1 aromatic carbocycles. The number of carboxylic acid groups (broad SMARTS) is 1. The number of hydrogen-bond acceptors (Lipinski definition) is 3. The number of halogens is 2. The van der Waals surface area contributed by atoms with Gasteiger partial charge in [0.1, 0.15) is 0 Å². The van der Waals surface area contributed by atoms with E-state index >= 15 is 0 Å². The Hall–Kier alpha value is -2.05. The van der Waals surface area contributed by atoms with Crippen LogP contribution < -0.4 is 0 Å². The number of aromatic nitrogens is 4. The third kappa shape index (κ3) is 1.94. The van der Waals surface area contributed by atoms with Gasteiger partial charge in [-0.05, 0) is 18.2 Å². The maximum Gasteiger partial charge on any atom is 0.356 e. The monoisotopic (exact) mass is 296 g/mol. The predicted molar refractivity (Wildman–Crippen MR) is 69.8 cm³/mol. The van der Waals surface area contributed by atoms with Crippen LogP contribution in [0.4, 0.5) is 0 Å². The Kier molecular flexibility index (Phi) is 2.69. The molecule has 0 spiro atoms. The maximum absolute atomic E-state index is 10.9. The molecular formula is C11H6Cl2N4O2. The standard InChI is InChI=1S/C11H6Cl2N4O2/c12-6-2-1-5(3-7(6)13)10-15-14-9-4-8(11(18)19)16-17(9)10/h1-4,14H,(H,18,19). The molecule has 3 aromatic rings. The summed E-state index contributed by atoms with van der Waals surface area (Å²) in [6, 6.07) is 6.41. The summed E-state index contributed by atoms with van der Waals surface area (Å²) in [6.45, 7) is 0. The molecule has 0 atom stereocenters. The average Bonchev–Trinajstić information content (AvgIpc) is 2.92. The molecule has 2 N–H and O–H groups in total. The highest BCUT2D eigenvalue weighted by molar-refractivity contribution is 6.42. The number of hydrogen-bond donors (Lipinski definition) is 2. The zero-order valence-corrected chi connectivity index (χ0v) is 10.8. The van der Waals surface area contributed by atoms with Crippen LogP contribution in [0.15, 0.2) is 24.3 Å². The van der Waals surface area contributed by atoms with Crippen LogP contribution >= 0.6 is 23.2 Å². The number of aromatic amines is 1. The van der Waals surface area contributed by atoms with Gasteiger partial charge in [0.15, 0.2) is 17.2 Å². The molecule has 0 fully saturated rings. The first-order chi connectivity index (χ1) is 9.06. The molecule has 19 heavy (non-hydrogen) atoms. The summed E-state index contributed by atoms with van der Waals surface area (Å²) in [7, 11) is 0. The van der Waals surface area contributed by atoms with Crippen LogP contribution in [0, 0.1) is 0 Å². The Labute approximate surface area is 116 Å². The van der Waals surface area contributed by atoms with Crippen molar-refractivity contribution in [3.63, 3.8) is 0 Å². The molecular weight excluding hydrogens is 291 g/mol. The van der Waals surface area contributed by atoms with Crippen molar-refractivity contribution in [1.82, 2.24) is 19.8 Å². The molecule has 0 amide bonds. The Morgan fingerprint density at radius 3 is 2.74 bits per heavy atom. The Morgan fingerprint density at radius 1 is 1.26 bits per heavy atom. The zero-order chi connectivity index (χ0) is 13.6. The molecule has 6 nitrogen and oxygen atoms in total. The number of H-pyrrole nitrogens is 1. The highest BCUT2D eigenvalue weighted by Crippen LogP contribution is 2.27. The van der Waals surface area contributed by atoms with Gasteiger partial charge in [0.25, 0.3) is 0 Å². The van der Waals surface area contributed by atoms with E-state index in [1.807, 2.05) is 0 Å². The van der Waals surface area contributed by atoms with Gasteiger partial charge in [0.2, 0.25) is 0 Å². The lowest BCUT2D eigenvalue weighted by Gasteiger charge is -1.99. The van der Waals surface area contributed by atoms with Gasteiger partial charge < -0.3 is 5.11 Å². The summed E-state index contributed by atoms with van der Waals surface area (Å²) in [5.74, 6) is -0.641. The van der Waals surface area contributed by atoms with Gasteiger partial charge >= 0.3 is 5.97 Å². The third-order valence-electron chi connectivity index (χ3n) is 2.58. The first kappa shape index (κ1) is 12.0. The first-order valence-electron chi connectivity index (χ1n) is 5.19. The fraction of sp³-hybridized carbons (Fsp3) is 0. The van der Waals surface area contributed by atoms with Crippen LogP contribution in [0.25, 0.3) is 17.0 Å². The maximum atomic E-state index is 10.9. The van der Waals surface area contributed by atoms with Crippen molar-refractivity contribution >= 4 is 34.8 Å².